The molecule has 0 aliphatic carbocycles. The Morgan fingerprint density at radius 1 is 0.765 bits per heavy atom. The van der Waals surface area contributed by atoms with Gasteiger partial charge in [-0.2, -0.15) is 0 Å². The molecule has 3 amide bonds. The smallest absolute Gasteiger partial charge is 0.414 e. The van der Waals surface area contributed by atoms with Gasteiger partial charge in [-0.25, -0.2) is 14.8 Å². The number of amides is 3. The van der Waals surface area contributed by atoms with Gasteiger partial charge >= 0.3 is 6.09 Å². The molecule has 18 heteroatoms. The number of aromatic nitrogens is 2. The molecule has 0 spiro atoms. The van der Waals surface area contributed by atoms with Crippen molar-refractivity contribution in [2.45, 2.75) is 45.4 Å². The van der Waals surface area contributed by atoms with Crippen LogP contribution in [0.2, 0.25) is 0 Å². The summed E-state index contributed by atoms with van der Waals surface area (Å²) in [7, 11) is 3.94. The summed E-state index contributed by atoms with van der Waals surface area (Å²) in [6, 6.07) is 22.7. The highest BCUT2D eigenvalue weighted by atomic mass is 32.1. The Morgan fingerprint density at radius 2 is 1.40 bits per heavy atom. The quantitative estimate of drug-likeness (QED) is 0.0530. The molecule has 1 fully saturated rings. The lowest BCUT2D eigenvalue weighted by Crippen LogP contribution is -2.53. The van der Waals surface area contributed by atoms with Gasteiger partial charge in [0.05, 0.1) is 89.3 Å². The van der Waals surface area contributed by atoms with Crippen LogP contribution in [0.4, 0.5) is 16.3 Å². The number of nitrogens with one attached hydrogen (secondary N) is 1. The third-order valence-electron chi connectivity index (χ3n) is 10.9. The minimum absolute atomic E-state index is 0.131. The van der Waals surface area contributed by atoms with Crippen LogP contribution in [0.25, 0.3) is 31.9 Å². The molecule has 3 aromatic carbocycles. The van der Waals surface area contributed by atoms with E-state index in [1.807, 2.05) is 70.2 Å². The second-order valence-electron chi connectivity index (χ2n) is 17.3. The maximum atomic E-state index is 13.4. The highest BCUT2D eigenvalue weighted by Gasteiger charge is 2.39. The summed E-state index contributed by atoms with van der Waals surface area (Å²) >= 11 is 1.57. The summed E-state index contributed by atoms with van der Waals surface area (Å²) in [6.45, 7) is 10.4. The molecule has 1 N–H and O–H groups in total. The molecule has 1 atom stereocenters. The van der Waals surface area contributed by atoms with Crippen LogP contribution in [-0.4, -0.2) is 150 Å². The van der Waals surface area contributed by atoms with Crippen molar-refractivity contribution in [2.75, 3.05) is 110 Å². The third-order valence-corrected chi connectivity index (χ3v) is 12.0. The van der Waals surface area contributed by atoms with Gasteiger partial charge in [-0.1, -0.05) is 24.3 Å². The number of thiazole rings is 1. The van der Waals surface area contributed by atoms with Gasteiger partial charge < -0.3 is 48.3 Å². The Bertz CT molecular complexity index is 2490. The average molecular weight is 953 g/mol. The summed E-state index contributed by atoms with van der Waals surface area (Å²) in [4.78, 5) is 64.7. The molecule has 0 saturated carbocycles. The number of pyridine rings is 1. The van der Waals surface area contributed by atoms with Crippen molar-refractivity contribution in [3.05, 3.63) is 90.1 Å². The summed E-state index contributed by atoms with van der Waals surface area (Å²) in [6.07, 6.45) is 1.21. The number of benzene rings is 3. The lowest BCUT2D eigenvalue weighted by molar-refractivity contribution is -0.134. The summed E-state index contributed by atoms with van der Waals surface area (Å²) in [5.74, 6) is 0.727. The van der Waals surface area contributed by atoms with Crippen molar-refractivity contribution in [3.8, 4) is 27.4 Å². The zero-order chi connectivity index (χ0) is 48.0. The molecule has 362 valence electrons. The number of hydrogen-bond acceptors (Lipinski definition) is 15. The van der Waals surface area contributed by atoms with E-state index in [9.17, 15) is 19.2 Å². The second kappa shape index (κ2) is 23.8. The number of piperidine rings is 1. The number of anilines is 2. The van der Waals surface area contributed by atoms with Gasteiger partial charge in [-0.3, -0.25) is 19.3 Å². The summed E-state index contributed by atoms with van der Waals surface area (Å²) in [5.41, 5.74) is 5.31. The Morgan fingerprint density at radius 3 is 2.01 bits per heavy atom. The molecule has 1 unspecified atom stereocenters. The number of Topliss-reactive ketones (excluding diaryl/α,β-unsaturated/α-hetero) is 1. The Labute approximate surface area is 400 Å². The molecule has 68 heavy (non-hydrogen) atoms. The van der Waals surface area contributed by atoms with E-state index < -0.39 is 17.7 Å². The molecule has 7 rings (SSSR count). The van der Waals surface area contributed by atoms with Crippen molar-refractivity contribution < 1.29 is 52.3 Å². The van der Waals surface area contributed by atoms with Gasteiger partial charge in [0, 0.05) is 55.8 Å². The van der Waals surface area contributed by atoms with Crippen LogP contribution in [0.1, 0.15) is 43.1 Å². The van der Waals surface area contributed by atoms with Gasteiger partial charge in [0.15, 0.2) is 5.78 Å². The molecule has 2 aliphatic heterocycles. The second-order valence-corrected chi connectivity index (χ2v) is 18.3. The molecule has 4 heterocycles. The molecular weight excluding hydrogens is 893 g/mol. The van der Waals surface area contributed by atoms with Crippen molar-refractivity contribution in [3.63, 3.8) is 0 Å². The van der Waals surface area contributed by atoms with Crippen molar-refractivity contribution in [1.29, 1.82) is 0 Å². The standard InChI is InChI=1S/C50H60N6O11S/c1-50(2,3)67-49(60)55(38-11-14-41-44(29-38)68-47(53-41)35-8-6-34(7-9-35)36-10-15-45(51-31-36)54(4)5)16-17-61-18-19-62-20-21-63-22-23-64-24-25-65-26-27-66-39-12-13-40-37(28-39)33-56(48(40)59)42-32-52-46(58)30-43(42)57/h6-15,28-29,31,42H,16-27,30,32-33H2,1-5H3,(H,52,58). The molecule has 0 radical (unpaired) electrons. The van der Waals surface area contributed by atoms with E-state index >= 15 is 0 Å². The highest BCUT2D eigenvalue weighted by molar-refractivity contribution is 7.21. The Balaban J connectivity index is 0.734. The van der Waals surface area contributed by atoms with E-state index in [0.29, 0.717) is 83.1 Å². The normalized spacial score (nSPS) is 14.9. The van der Waals surface area contributed by atoms with Gasteiger partial charge in [-0.05, 0) is 80.4 Å². The largest absolute Gasteiger partial charge is 0.491 e. The first-order chi connectivity index (χ1) is 32.8. The van der Waals surface area contributed by atoms with Crippen LogP contribution in [0, 0.1) is 0 Å². The minimum Gasteiger partial charge on any atom is -0.491 e. The third kappa shape index (κ3) is 13.8. The fourth-order valence-electron chi connectivity index (χ4n) is 7.44. The topological polar surface area (TPSA) is 180 Å². The maximum absolute atomic E-state index is 13.4. The van der Waals surface area contributed by atoms with E-state index in [-0.39, 0.29) is 50.3 Å². The van der Waals surface area contributed by atoms with Crippen molar-refractivity contribution >= 4 is 56.7 Å². The Hall–Kier alpha value is -6.02. The molecular formula is C50H60N6O11S. The van der Waals surface area contributed by atoms with Gasteiger partial charge in [0.1, 0.15) is 34.8 Å². The lowest BCUT2D eigenvalue weighted by Gasteiger charge is -2.29. The van der Waals surface area contributed by atoms with E-state index in [4.69, 9.17) is 38.1 Å². The Kier molecular flexibility index (Phi) is 17.5. The van der Waals surface area contributed by atoms with Crippen LogP contribution >= 0.6 is 11.3 Å². The monoisotopic (exact) mass is 952 g/mol. The van der Waals surface area contributed by atoms with Crippen LogP contribution in [0.15, 0.2) is 79.0 Å². The summed E-state index contributed by atoms with van der Waals surface area (Å²) < 4.78 is 40.8. The molecule has 0 bridgehead atoms. The molecule has 17 nitrogen and oxygen atoms in total. The number of fused-ring (bicyclic) bond motifs is 2. The van der Waals surface area contributed by atoms with E-state index in [2.05, 4.69) is 40.6 Å². The zero-order valence-electron chi connectivity index (χ0n) is 39.3. The number of rotatable bonds is 24. The van der Waals surface area contributed by atoms with Gasteiger partial charge in [0.25, 0.3) is 5.91 Å². The zero-order valence-corrected chi connectivity index (χ0v) is 40.1. The molecule has 5 aromatic rings. The first-order valence-corrected chi connectivity index (χ1v) is 23.5. The fourth-order valence-corrected chi connectivity index (χ4v) is 8.44. The molecule has 2 aliphatic rings. The fraction of sp³-hybridized carbons (Fsp3) is 0.440. The van der Waals surface area contributed by atoms with Crippen LogP contribution < -0.4 is 19.9 Å². The highest BCUT2D eigenvalue weighted by Crippen LogP contribution is 2.35. The number of ketones is 1. The first-order valence-electron chi connectivity index (χ1n) is 22.7. The maximum Gasteiger partial charge on any atom is 0.414 e. The van der Waals surface area contributed by atoms with Crippen molar-refractivity contribution in [2.24, 2.45) is 0 Å². The predicted octanol–water partition coefficient (Wildman–Crippen LogP) is 6.41. The van der Waals surface area contributed by atoms with E-state index in [1.165, 1.54) is 4.90 Å². The number of nitrogens with zero attached hydrogens (tertiary/aromatic N) is 5. The van der Waals surface area contributed by atoms with Gasteiger partial charge in [-0.15, -0.1) is 11.3 Å². The van der Waals surface area contributed by atoms with Gasteiger partial charge in [0.2, 0.25) is 5.91 Å². The van der Waals surface area contributed by atoms with Crippen LogP contribution in [0.5, 0.6) is 5.75 Å². The van der Waals surface area contributed by atoms with Crippen LogP contribution in [-0.2, 0) is 44.6 Å². The number of carbonyl (C=O) groups is 4. The molecule has 2 aromatic heterocycles. The van der Waals surface area contributed by atoms with Crippen molar-refractivity contribution in [1.82, 2.24) is 20.2 Å². The minimum atomic E-state index is -0.673. The lowest BCUT2D eigenvalue weighted by atomic mass is 10.0. The first kappa shape index (κ1) is 49.9. The summed E-state index contributed by atoms with van der Waals surface area (Å²) in [5, 5.41) is 3.55. The average Bonchev–Trinajstić information content (AvgIpc) is 3.89. The number of carbonyl (C=O) groups excluding carboxylic acids is 4. The SMILES string of the molecule is CN(C)c1ccc(-c2ccc(-c3nc4ccc(N(CCOCCOCCOCCOCCOCCOc5ccc6c(c5)CN(C5CNC(=O)CC5=O)C6=O)C(=O)OC(C)(C)C)cc4s3)cc2)cn1. The van der Waals surface area contributed by atoms with E-state index in [1.54, 1.807) is 34.4 Å². The predicted molar refractivity (Wildman–Crippen MR) is 259 cm³/mol. The van der Waals surface area contributed by atoms with E-state index in [0.717, 1.165) is 43.3 Å². The molecule has 1 saturated heterocycles. The number of hydrogen-bond donors (Lipinski definition) is 1. The number of ether oxygens (including phenoxy) is 7. The van der Waals surface area contributed by atoms with Crippen LogP contribution in [0.3, 0.4) is 0 Å².